The Balaban J connectivity index is 1.69. The minimum Gasteiger partial charge on any atom is -0.367 e. The van der Waals surface area contributed by atoms with E-state index in [0.29, 0.717) is 12.0 Å². The van der Waals surface area contributed by atoms with Gasteiger partial charge in [0.25, 0.3) is 0 Å². The normalized spacial score (nSPS) is 15.3. The van der Waals surface area contributed by atoms with Gasteiger partial charge in [-0.05, 0) is 49.9 Å². The number of aromatic nitrogens is 4. The van der Waals surface area contributed by atoms with E-state index in [-0.39, 0.29) is 0 Å². The number of hydrogen-bond acceptors (Lipinski definition) is 5. The van der Waals surface area contributed by atoms with Crippen LogP contribution in [0.4, 0.5) is 17.5 Å². The van der Waals surface area contributed by atoms with Crippen LogP contribution in [0.3, 0.4) is 0 Å². The Hall–Kier alpha value is -2.63. The Morgan fingerprint density at radius 3 is 2.46 bits per heavy atom. The first-order valence-corrected chi connectivity index (χ1v) is 9.40. The molecule has 6 nitrogen and oxygen atoms in total. The van der Waals surface area contributed by atoms with Gasteiger partial charge in [-0.15, -0.1) is 0 Å². The first-order valence-electron chi connectivity index (χ1n) is 9.40. The molecule has 6 heteroatoms. The number of anilines is 3. The Bertz CT molecular complexity index is 903. The molecule has 0 atom stereocenters. The third-order valence-electron chi connectivity index (χ3n) is 5.02. The molecule has 0 spiro atoms. The van der Waals surface area contributed by atoms with Crippen molar-refractivity contribution in [3.05, 3.63) is 35.5 Å². The minimum absolute atomic E-state index is 0.483. The highest BCUT2D eigenvalue weighted by Crippen LogP contribution is 2.27. The molecular weight excluding hydrogens is 324 g/mol. The number of hydrogen-bond donors (Lipinski definition) is 2. The van der Waals surface area contributed by atoms with Crippen LogP contribution in [-0.4, -0.2) is 25.8 Å². The largest absolute Gasteiger partial charge is 0.367 e. The molecule has 3 aromatic rings. The van der Waals surface area contributed by atoms with E-state index < -0.39 is 0 Å². The van der Waals surface area contributed by atoms with E-state index in [1.807, 2.05) is 13.2 Å². The van der Waals surface area contributed by atoms with Crippen molar-refractivity contribution in [2.75, 3.05) is 10.6 Å². The number of aryl methyl sites for hydroxylation is 3. The monoisotopic (exact) mass is 350 g/mol. The third kappa shape index (κ3) is 3.49. The zero-order valence-corrected chi connectivity index (χ0v) is 15.7. The number of benzene rings is 1. The summed E-state index contributed by atoms with van der Waals surface area (Å²) in [6, 6.07) is 6.86. The standard InChI is InChI=1S/C20H26N6/c1-13-9-14(2)11-16(10-13)23-20-24-18(22-15-7-5-4-6-8-15)17-12-21-26(3)19(17)25-20/h9-12,15H,4-8H2,1-3H3,(H2,22,23,24,25). The summed E-state index contributed by atoms with van der Waals surface area (Å²) in [5.74, 6) is 1.48. The molecule has 1 aliphatic rings. The fourth-order valence-electron chi connectivity index (χ4n) is 3.80. The molecule has 1 saturated carbocycles. The smallest absolute Gasteiger partial charge is 0.231 e. The highest BCUT2D eigenvalue weighted by Gasteiger charge is 2.17. The maximum atomic E-state index is 4.78. The van der Waals surface area contributed by atoms with Gasteiger partial charge in [-0.1, -0.05) is 25.3 Å². The van der Waals surface area contributed by atoms with Crippen molar-refractivity contribution < 1.29 is 0 Å². The van der Waals surface area contributed by atoms with E-state index >= 15 is 0 Å². The minimum atomic E-state index is 0.483. The van der Waals surface area contributed by atoms with E-state index in [9.17, 15) is 0 Å². The van der Waals surface area contributed by atoms with E-state index in [1.54, 1.807) is 4.68 Å². The number of rotatable bonds is 4. The van der Waals surface area contributed by atoms with E-state index in [2.05, 4.69) is 52.8 Å². The Morgan fingerprint density at radius 2 is 1.73 bits per heavy atom. The molecular formula is C20H26N6. The van der Waals surface area contributed by atoms with Crippen molar-refractivity contribution in [2.24, 2.45) is 7.05 Å². The van der Waals surface area contributed by atoms with Crippen molar-refractivity contribution in [1.29, 1.82) is 0 Å². The number of nitrogens with one attached hydrogen (secondary N) is 2. The third-order valence-corrected chi connectivity index (χ3v) is 5.02. The fourth-order valence-corrected chi connectivity index (χ4v) is 3.80. The van der Waals surface area contributed by atoms with Gasteiger partial charge in [0.2, 0.25) is 5.95 Å². The van der Waals surface area contributed by atoms with Crippen LogP contribution in [0.2, 0.25) is 0 Å². The van der Waals surface area contributed by atoms with Crippen LogP contribution in [0, 0.1) is 13.8 Å². The van der Waals surface area contributed by atoms with Gasteiger partial charge in [0.05, 0.1) is 11.6 Å². The van der Waals surface area contributed by atoms with Crippen LogP contribution in [0.5, 0.6) is 0 Å². The van der Waals surface area contributed by atoms with Gasteiger partial charge in [0.15, 0.2) is 5.65 Å². The predicted molar refractivity (Wildman–Crippen MR) is 106 cm³/mol. The van der Waals surface area contributed by atoms with E-state index in [0.717, 1.165) is 22.5 Å². The first kappa shape index (κ1) is 16.8. The molecule has 2 aromatic heterocycles. The maximum absolute atomic E-state index is 4.78. The fraction of sp³-hybridized carbons (Fsp3) is 0.450. The second-order valence-electron chi connectivity index (χ2n) is 7.38. The van der Waals surface area contributed by atoms with Gasteiger partial charge >= 0.3 is 0 Å². The molecule has 0 amide bonds. The lowest BCUT2D eigenvalue weighted by Gasteiger charge is -2.23. The molecule has 1 fully saturated rings. The lowest BCUT2D eigenvalue weighted by molar-refractivity contribution is 0.462. The van der Waals surface area contributed by atoms with E-state index in [1.165, 1.54) is 43.2 Å². The summed E-state index contributed by atoms with van der Waals surface area (Å²) >= 11 is 0. The molecule has 0 saturated heterocycles. The lowest BCUT2D eigenvalue weighted by Crippen LogP contribution is -2.23. The topological polar surface area (TPSA) is 67.7 Å². The second kappa shape index (κ2) is 6.94. The Morgan fingerprint density at radius 1 is 1.00 bits per heavy atom. The quantitative estimate of drug-likeness (QED) is 0.727. The van der Waals surface area contributed by atoms with Crippen molar-refractivity contribution >= 4 is 28.5 Å². The molecule has 2 N–H and O–H groups in total. The summed E-state index contributed by atoms with van der Waals surface area (Å²) in [7, 11) is 1.92. The molecule has 0 bridgehead atoms. The molecule has 2 heterocycles. The summed E-state index contributed by atoms with van der Waals surface area (Å²) in [6.07, 6.45) is 8.15. The van der Waals surface area contributed by atoms with Gasteiger partial charge in [-0.3, -0.25) is 4.68 Å². The van der Waals surface area contributed by atoms with E-state index in [4.69, 9.17) is 4.98 Å². The highest BCUT2D eigenvalue weighted by atomic mass is 15.3. The molecule has 0 unspecified atom stereocenters. The first-order chi connectivity index (χ1) is 12.6. The van der Waals surface area contributed by atoms with Crippen LogP contribution in [0.15, 0.2) is 24.4 Å². The zero-order chi connectivity index (χ0) is 18.1. The zero-order valence-electron chi connectivity index (χ0n) is 15.7. The van der Waals surface area contributed by atoms with Crippen LogP contribution < -0.4 is 10.6 Å². The van der Waals surface area contributed by atoms with Crippen molar-refractivity contribution in [3.63, 3.8) is 0 Å². The molecule has 0 radical (unpaired) electrons. The van der Waals surface area contributed by atoms with Crippen LogP contribution in [0.1, 0.15) is 43.2 Å². The molecule has 0 aliphatic heterocycles. The Kier molecular flexibility index (Phi) is 4.49. The summed E-state index contributed by atoms with van der Waals surface area (Å²) in [5.41, 5.74) is 4.28. The molecule has 136 valence electrons. The summed E-state index contributed by atoms with van der Waals surface area (Å²) in [4.78, 5) is 9.46. The van der Waals surface area contributed by atoms with Crippen molar-refractivity contribution in [2.45, 2.75) is 52.0 Å². The summed E-state index contributed by atoms with van der Waals surface area (Å²) in [5, 5.41) is 12.4. The average molecular weight is 350 g/mol. The second-order valence-corrected chi connectivity index (χ2v) is 7.38. The van der Waals surface area contributed by atoms with Gasteiger partial charge in [-0.2, -0.15) is 15.1 Å². The molecule has 26 heavy (non-hydrogen) atoms. The van der Waals surface area contributed by atoms with Gasteiger partial charge in [-0.25, -0.2) is 0 Å². The molecule has 1 aliphatic carbocycles. The summed E-state index contributed by atoms with van der Waals surface area (Å²) < 4.78 is 1.80. The van der Waals surface area contributed by atoms with Crippen LogP contribution >= 0.6 is 0 Å². The molecule has 4 rings (SSSR count). The summed E-state index contributed by atoms with van der Waals surface area (Å²) in [6.45, 7) is 4.19. The number of nitrogens with zero attached hydrogens (tertiary/aromatic N) is 4. The maximum Gasteiger partial charge on any atom is 0.231 e. The van der Waals surface area contributed by atoms with Gasteiger partial charge < -0.3 is 10.6 Å². The van der Waals surface area contributed by atoms with Crippen LogP contribution in [0.25, 0.3) is 11.0 Å². The van der Waals surface area contributed by atoms with Crippen molar-refractivity contribution in [3.8, 4) is 0 Å². The average Bonchev–Trinajstić information content (AvgIpc) is 2.96. The number of fused-ring (bicyclic) bond motifs is 1. The SMILES string of the molecule is Cc1cc(C)cc(Nc2nc(NC3CCCCC3)c3cnn(C)c3n2)c1. The van der Waals surface area contributed by atoms with Gasteiger partial charge in [0.1, 0.15) is 5.82 Å². The lowest BCUT2D eigenvalue weighted by atomic mass is 9.95. The molecule has 1 aromatic carbocycles. The van der Waals surface area contributed by atoms with Gasteiger partial charge in [0, 0.05) is 18.8 Å². The highest BCUT2D eigenvalue weighted by molar-refractivity contribution is 5.88. The Labute approximate surface area is 154 Å². The predicted octanol–water partition coefficient (Wildman–Crippen LogP) is 4.47. The van der Waals surface area contributed by atoms with Crippen LogP contribution in [-0.2, 0) is 7.05 Å². The van der Waals surface area contributed by atoms with Crippen molar-refractivity contribution in [1.82, 2.24) is 19.7 Å².